The van der Waals surface area contributed by atoms with Crippen LogP contribution < -0.4 is 5.32 Å². The maximum atomic E-state index is 12.6. The molecule has 0 aromatic carbocycles. The zero-order valence-electron chi connectivity index (χ0n) is 7.09. The highest BCUT2D eigenvalue weighted by atomic mass is 19.3. The predicted octanol–water partition coefficient (Wildman–Crippen LogP) is -0.135. The van der Waals surface area contributed by atoms with Gasteiger partial charge in [0.25, 0.3) is 5.91 Å². The Morgan fingerprint density at radius 2 is 2.46 bits per heavy atom. The predicted molar refractivity (Wildman–Crippen MR) is 39.1 cm³/mol. The minimum absolute atomic E-state index is 0.0982. The van der Waals surface area contributed by atoms with Gasteiger partial charge in [-0.2, -0.15) is 8.78 Å². The molecule has 0 spiro atoms. The number of halogens is 2. The summed E-state index contributed by atoms with van der Waals surface area (Å²) in [5.74, 6) is -4.57. The first-order valence-electron chi connectivity index (χ1n) is 3.90. The molecular weight excluding hydrogens is 184 g/mol. The van der Waals surface area contributed by atoms with E-state index in [2.05, 4.69) is 10.1 Å². The molecule has 1 aliphatic rings. The minimum Gasteiger partial charge on any atom is -0.368 e. The van der Waals surface area contributed by atoms with Gasteiger partial charge in [-0.15, -0.1) is 0 Å². The molecule has 2 N–H and O–H groups in total. The molecule has 1 heterocycles. The van der Waals surface area contributed by atoms with E-state index in [4.69, 9.17) is 5.11 Å². The zero-order valence-corrected chi connectivity index (χ0v) is 7.09. The summed E-state index contributed by atoms with van der Waals surface area (Å²) in [5, 5.41) is 10.8. The van der Waals surface area contributed by atoms with Gasteiger partial charge in [-0.3, -0.25) is 4.79 Å². The first-order valence-corrected chi connectivity index (χ1v) is 3.90. The fourth-order valence-electron chi connectivity index (χ4n) is 1.10. The van der Waals surface area contributed by atoms with Crippen molar-refractivity contribution in [1.82, 2.24) is 5.32 Å². The van der Waals surface area contributed by atoms with Crippen LogP contribution in [0.15, 0.2) is 0 Å². The molecule has 76 valence electrons. The third-order valence-electron chi connectivity index (χ3n) is 1.71. The van der Waals surface area contributed by atoms with Crippen LogP contribution in [0.2, 0.25) is 0 Å². The number of aliphatic hydroxyl groups excluding tert-OH is 1. The van der Waals surface area contributed by atoms with Gasteiger partial charge in [-0.25, -0.2) is 0 Å². The van der Waals surface area contributed by atoms with E-state index in [0.29, 0.717) is 0 Å². The molecule has 1 aliphatic heterocycles. The van der Waals surface area contributed by atoms with E-state index in [9.17, 15) is 13.6 Å². The maximum Gasteiger partial charge on any atom is 0.326 e. The second-order valence-corrected chi connectivity index (χ2v) is 3.01. The van der Waals surface area contributed by atoms with E-state index in [1.165, 1.54) is 6.92 Å². The van der Waals surface area contributed by atoms with Gasteiger partial charge in [0.15, 0.2) is 6.29 Å². The van der Waals surface area contributed by atoms with E-state index < -0.39 is 30.6 Å². The van der Waals surface area contributed by atoms with Crippen LogP contribution in [-0.2, 0) is 9.53 Å². The summed E-state index contributed by atoms with van der Waals surface area (Å²) >= 11 is 0. The molecule has 4 nitrogen and oxygen atoms in total. The molecule has 1 fully saturated rings. The topological polar surface area (TPSA) is 58.6 Å². The number of nitrogens with one attached hydrogen (secondary N) is 1. The Balaban J connectivity index is 2.37. The third kappa shape index (κ3) is 2.60. The molecule has 1 saturated heterocycles. The van der Waals surface area contributed by atoms with E-state index >= 15 is 0 Å². The lowest BCUT2D eigenvalue weighted by molar-refractivity contribution is -0.139. The van der Waals surface area contributed by atoms with Crippen molar-refractivity contribution in [2.24, 2.45) is 0 Å². The Morgan fingerprint density at radius 1 is 1.85 bits per heavy atom. The molecular formula is C7H11F2NO3. The summed E-state index contributed by atoms with van der Waals surface area (Å²) in [6.45, 7) is 1.27. The first kappa shape index (κ1) is 10.3. The molecule has 1 rings (SSSR count). The number of alkyl halides is 2. The van der Waals surface area contributed by atoms with Gasteiger partial charge in [0.1, 0.15) is 0 Å². The Hall–Kier alpha value is -0.750. The molecule has 0 aliphatic carbocycles. The Bertz CT molecular complexity index is 208. The Kier molecular flexibility index (Phi) is 2.82. The van der Waals surface area contributed by atoms with E-state index in [0.717, 1.165) is 0 Å². The van der Waals surface area contributed by atoms with Gasteiger partial charge in [-0.05, 0) is 6.92 Å². The second-order valence-electron chi connectivity index (χ2n) is 3.01. The number of hydrogen-bond acceptors (Lipinski definition) is 3. The summed E-state index contributed by atoms with van der Waals surface area (Å²) in [4.78, 5) is 10.6. The van der Waals surface area contributed by atoms with E-state index in [-0.39, 0.29) is 6.61 Å². The number of ether oxygens (including phenoxy) is 1. The Labute approximate surface area is 73.9 Å². The van der Waals surface area contributed by atoms with Gasteiger partial charge < -0.3 is 15.2 Å². The number of aliphatic hydroxyl groups is 1. The van der Waals surface area contributed by atoms with E-state index in [1.54, 1.807) is 0 Å². The normalized spacial score (nSPS) is 28.6. The van der Waals surface area contributed by atoms with Crippen LogP contribution >= 0.6 is 0 Å². The number of carbonyl (C=O) groups is 1. The van der Waals surface area contributed by atoms with Gasteiger partial charge in [0.2, 0.25) is 0 Å². The monoisotopic (exact) mass is 195 g/mol. The van der Waals surface area contributed by atoms with Crippen molar-refractivity contribution in [3.05, 3.63) is 0 Å². The number of amides is 1. The van der Waals surface area contributed by atoms with Crippen LogP contribution in [0.5, 0.6) is 0 Å². The van der Waals surface area contributed by atoms with Crippen molar-refractivity contribution < 1.29 is 23.4 Å². The van der Waals surface area contributed by atoms with Crippen molar-refractivity contribution in [3.8, 4) is 0 Å². The van der Waals surface area contributed by atoms with Gasteiger partial charge in [-0.1, -0.05) is 0 Å². The highest BCUT2D eigenvalue weighted by molar-refractivity contribution is 5.85. The summed E-state index contributed by atoms with van der Waals surface area (Å²) in [7, 11) is 0. The molecule has 0 bridgehead atoms. The van der Waals surface area contributed by atoms with Crippen molar-refractivity contribution in [3.63, 3.8) is 0 Å². The van der Waals surface area contributed by atoms with Crippen molar-refractivity contribution in [2.45, 2.75) is 31.6 Å². The molecule has 6 heteroatoms. The zero-order chi connectivity index (χ0) is 10.1. The summed E-state index contributed by atoms with van der Waals surface area (Å²) in [6, 6.07) is -0.711. The van der Waals surface area contributed by atoms with Crippen LogP contribution in [-0.4, -0.2) is 35.9 Å². The van der Waals surface area contributed by atoms with Crippen molar-refractivity contribution in [2.75, 3.05) is 6.61 Å². The molecule has 0 saturated carbocycles. The largest absolute Gasteiger partial charge is 0.368 e. The lowest BCUT2D eigenvalue weighted by Crippen LogP contribution is -2.33. The summed E-state index contributed by atoms with van der Waals surface area (Å²) < 4.78 is 29.8. The maximum absolute atomic E-state index is 12.6. The highest BCUT2D eigenvalue weighted by Crippen LogP contribution is 2.26. The minimum atomic E-state index is -3.30. The van der Waals surface area contributed by atoms with Crippen LogP contribution in [0.1, 0.15) is 13.3 Å². The third-order valence-corrected chi connectivity index (χ3v) is 1.71. The number of carbonyl (C=O) groups excluding carboxylic acids is 1. The average Bonchev–Trinajstić information content (AvgIpc) is 2.22. The van der Waals surface area contributed by atoms with Gasteiger partial charge in [0, 0.05) is 6.42 Å². The van der Waals surface area contributed by atoms with Crippen molar-refractivity contribution in [1.29, 1.82) is 0 Å². The number of rotatable bonds is 3. The second kappa shape index (κ2) is 3.55. The van der Waals surface area contributed by atoms with Gasteiger partial charge >= 0.3 is 5.92 Å². The standard InChI is InChI=1S/C7H11F2NO3/c1-4(11)13-3-5-2-7(8,9)6(12)10-5/h4-5,11H,2-3H2,1H3,(H,10,12)/t4?,5-/m1/s1. The molecule has 1 unspecified atom stereocenters. The lowest BCUT2D eigenvalue weighted by atomic mass is 10.2. The fourth-order valence-corrected chi connectivity index (χ4v) is 1.10. The highest BCUT2D eigenvalue weighted by Gasteiger charge is 2.48. The lowest BCUT2D eigenvalue weighted by Gasteiger charge is -2.11. The van der Waals surface area contributed by atoms with Crippen LogP contribution in [0, 0.1) is 0 Å². The molecule has 2 atom stereocenters. The van der Waals surface area contributed by atoms with E-state index in [1.807, 2.05) is 0 Å². The van der Waals surface area contributed by atoms with Crippen LogP contribution in [0.3, 0.4) is 0 Å². The first-order chi connectivity index (χ1) is 5.92. The fraction of sp³-hybridized carbons (Fsp3) is 0.857. The number of hydrogen-bond donors (Lipinski definition) is 2. The molecule has 1 amide bonds. The summed E-state index contributed by atoms with van der Waals surface area (Å²) in [6.07, 6.45) is -1.58. The average molecular weight is 195 g/mol. The molecule has 0 aromatic rings. The quantitative estimate of drug-likeness (QED) is 0.616. The molecule has 13 heavy (non-hydrogen) atoms. The summed E-state index contributed by atoms with van der Waals surface area (Å²) in [5.41, 5.74) is 0. The van der Waals surface area contributed by atoms with Crippen LogP contribution in [0.25, 0.3) is 0 Å². The molecule has 0 radical (unpaired) electrons. The Morgan fingerprint density at radius 3 is 2.85 bits per heavy atom. The smallest absolute Gasteiger partial charge is 0.326 e. The molecule has 0 aromatic heterocycles. The SMILES string of the molecule is CC(O)OC[C@H]1CC(F)(F)C(=O)N1. The van der Waals surface area contributed by atoms with Crippen LogP contribution in [0.4, 0.5) is 8.78 Å². The van der Waals surface area contributed by atoms with Crippen molar-refractivity contribution >= 4 is 5.91 Å². The van der Waals surface area contributed by atoms with Gasteiger partial charge in [0.05, 0.1) is 12.6 Å².